The lowest BCUT2D eigenvalue weighted by atomic mass is 9.85. The number of pyridine rings is 1. The number of fused-ring (bicyclic) bond motifs is 2. The van der Waals surface area contributed by atoms with E-state index < -0.39 is 0 Å². The summed E-state index contributed by atoms with van der Waals surface area (Å²) in [7, 11) is 0. The average molecular weight is 387 g/mol. The third-order valence-electron chi connectivity index (χ3n) is 5.83. The number of hydrogen-bond acceptors (Lipinski definition) is 3. The smallest absolute Gasteiger partial charge is 0.253 e. The van der Waals surface area contributed by atoms with E-state index in [2.05, 4.69) is 49.9 Å². The summed E-state index contributed by atoms with van der Waals surface area (Å²) in [5.41, 5.74) is 4.73. The molecule has 1 aliphatic rings. The molecule has 3 heterocycles. The van der Waals surface area contributed by atoms with Crippen molar-refractivity contribution in [1.82, 2.24) is 25.6 Å². The Morgan fingerprint density at radius 1 is 1.10 bits per heavy atom. The number of hydrogen-bond donors (Lipinski definition) is 4. The number of carbonyl (C=O) groups is 1. The van der Waals surface area contributed by atoms with Crippen molar-refractivity contribution in [2.45, 2.75) is 32.4 Å². The topological polar surface area (TPSA) is 85.6 Å². The average Bonchev–Trinajstić information content (AvgIpc) is 3.33. The van der Waals surface area contributed by atoms with E-state index in [0.717, 1.165) is 41.1 Å². The molecule has 1 fully saturated rings. The molecule has 1 saturated carbocycles. The molecule has 0 radical (unpaired) electrons. The fraction of sp³-hybridized carbons (Fsp3) is 0.304. The minimum absolute atomic E-state index is 0.118. The number of benzene rings is 1. The van der Waals surface area contributed by atoms with Gasteiger partial charge in [-0.3, -0.25) is 4.79 Å². The Kier molecular flexibility index (Phi) is 4.77. The number of H-pyrrole nitrogens is 2. The van der Waals surface area contributed by atoms with Crippen LogP contribution in [-0.2, 0) is 13.1 Å². The van der Waals surface area contributed by atoms with Crippen LogP contribution in [0, 0.1) is 5.92 Å². The molecule has 0 atom stereocenters. The van der Waals surface area contributed by atoms with Crippen LogP contribution in [0.3, 0.4) is 0 Å². The third kappa shape index (κ3) is 3.89. The van der Waals surface area contributed by atoms with E-state index in [1.807, 2.05) is 18.3 Å². The molecule has 0 unspecified atom stereocenters. The Morgan fingerprint density at radius 2 is 2.03 bits per heavy atom. The van der Waals surface area contributed by atoms with Gasteiger partial charge >= 0.3 is 0 Å². The number of carbonyl (C=O) groups excluding carboxylic acids is 1. The first kappa shape index (κ1) is 17.9. The molecule has 1 amide bonds. The Balaban J connectivity index is 1.21. The van der Waals surface area contributed by atoms with E-state index in [-0.39, 0.29) is 5.91 Å². The predicted molar refractivity (Wildman–Crippen MR) is 115 cm³/mol. The molecule has 0 spiro atoms. The molecule has 1 aromatic carbocycles. The molecule has 6 heteroatoms. The summed E-state index contributed by atoms with van der Waals surface area (Å²) in [5, 5.41) is 8.67. The molecule has 29 heavy (non-hydrogen) atoms. The number of aromatic amines is 2. The number of amides is 1. The summed E-state index contributed by atoms with van der Waals surface area (Å²) in [4.78, 5) is 23.3. The number of rotatable bonds is 7. The van der Waals surface area contributed by atoms with E-state index in [9.17, 15) is 4.79 Å². The van der Waals surface area contributed by atoms with Gasteiger partial charge in [0.15, 0.2) is 0 Å². The number of nitrogens with zero attached hydrogens (tertiary/aromatic N) is 1. The zero-order valence-corrected chi connectivity index (χ0v) is 16.3. The van der Waals surface area contributed by atoms with Gasteiger partial charge in [0.05, 0.1) is 5.56 Å². The summed E-state index contributed by atoms with van der Waals surface area (Å²) in [6.07, 6.45) is 7.54. The third-order valence-corrected chi connectivity index (χ3v) is 5.83. The number of aromatic nitrogens is 3. The summed E-state index contributed by atoms with van der Waals surface area (Å²) < 4.78 is 0. The lowest BCUT2D eigenvalue weighted by molar-refractivity contribution is 0.0950. The predicted octanol–water partition coefficient (Wildman–Crippen LogP) is 3.86. The molecule has 148 valence electrons. The summed E-state index contributed by atoms with van der Waals surface area (Å²) >= 11 is 0. The van der Waals surface area contributed by atoms with Gasteiger partial charge in [-0.15, -0.1) is 0 Å². The van der Waals surface area contributed by atoms with Crippen molar-refractivity contribution in [2.75, 3.05) is 6.54 Å². The first-order valence-corrected chi connectivity index (χ1v) is 10.3. The van der Waals surface area contributed by atoms with Gasteiger partial charge in [-0.25, -0.2) is 4.98 Å². The van der Waals surface area contributed by atoms with Gasteiger partial charge in [-0.1, -0.05) is 18.6 Å². The second-order valence-electron chi connectivity index (χ2n) is 7.97. The summed E-state index contributed by atoms with van der Waals surface area (Å²) in [5.74, 6) is 0.746. The lowest BCUT2D eigenvalue weighted by Crippen LogP contribution is -2.26. The zero-order chi connectivity index (χ0) is 19.6. The molecule has 4 aromatic rings. The SMILES string of the molecule is O=C(NCc1ccc2cc(CNCC3CCC3)[nH]c2c1)c1cnc2[nH]ccc2c1. The normalized spacial score (nSPS) is 14.3. The molecular formula is C23H25N5O. The quantitative estimate of drug-likeness (QED) is 0.388. The molecule has 6 nitrogen and oxygen atoms in total. The monoisotopic (exact) mass is 387 g/mol. The minimum Gasteiger partial charge on any atom is -0.357 e. The molecule has 4 N–H and O–H groups in total. The van der Waals surface area contributed by atoms with E-state index in [4.69, 9.17) is 0 Å². The van der Waals surface area contributed by atoms with Crippen molar-refractivity contribution in [3.63, 3.8) is 0 Å². The van der Waals surface area contributed by atoms with Crippen molar-refractivity contribution in [3.8, 4) is 0 Å². The highest BCUT2D eigenvalue weighted by atomic mass is 16.1. The van der Waals surface area contributed by atoms with Crippen LogP contribution < -0.4 is 10.6 Å². The fourth-order valence-electron chi connectivity index (χ4n) is 3.90. The summed E-state index contributed by atoms with van der Waals surface area (Å²) in [6.45, 7) is 2.45. The highest BCUT2D eigenvalue weighted by Crippen LogP contribution is 2.25. The van der Waals surface area contributed by atoms with Crippen molar-refractivity contribution in [1.29, 1.82) is 0 Å². The Bertz CT molecular complexity index is 1150. The van der Waals surface area contributed by atoms with Crippen LogP contribution in [0.1, 0.15) is 40.9 Å². The maximum Gasteiger partial charge on any atom is 0.253 e. The molecular weight excluding hydrogens is 362 g/mol. The van der Waals surface area contributed by atoms with Crippen LogP contribution in [0.2, 0.25) is 0 Å². The maximum atomic E-state index is 12.5. The van der Waals surface area contributed by atoms with Crippen LogP contribution in [-0.4, -0.2) is 27.4 Å². The van der Waals surface area contributed by atoms with E-state index in [1.165, 1.54) is 30.3 Å². The van der Waals surface area contributed by atoms with Crippen molar-refractivity contribution in [3.05, 3.63) is 65.6 Å². The first-order valence-electron chi connectivity index (χ1n) is 10.3. The van der Waals surface area contributed by atoms with Crippen molar-refractivity contribution < 1.29 is 4.79 Å². The van der Waals surface area contributed by atoms with Crippen LogP contribution in [0.4, 0.5) is 0 Å². The van der Waals surface area contributed by atoms with E-state index in [1.54, 1.807) is 6.20 Å². The second-order valence-corrected chi connectivity index (χ2v) is 7.97. The molecule has 3 aromatic heterocycles. The van der Waals surface area contributed by atoms with E-state index in [0.29, 0.717) is 12.1 Å². The molecule has 0 saturated heterocycles. The fourth-order valence-corrected chi connectivity index (χ4v) is 3.90. The maximum absolute atomic E-state index is 12.5. The molecule has 0 bridgehead atoms. The zero-order valence-electron chi connectivity index (χ0n) is 16.3. The van der Waals surface area contributed by atoms with Crippen LogP contribution in [0.25, 0.3) is 21.9 Å². The Labute approximate surface area is 169 Å². The summed E-state index contributed by atoms with van der Waals surface area (Å²) in [6, 6.07) is 12.2. The molecule has 5 rings (SSSR count). The van der Waals surface area contributed by atoms with Crippen LogP contribution >= 0.6 is 0 Å². The number of nitrogens with one attached hydrogen (secondary N) is 4. The largest absolute Gasteiger partial charge is 0.357 e. The second kappa shape index (κ2) is 7.72. The highest BCUT2D eigenvalue weighted by Gasteiger charge is 2.16. The van der Waals surface area contributed by atoms with Gasteiger partial charge < -0.3 is 20.6 Å². The minimum atomic E-state index is -0.118. The Morgan fingerprint density at radius 3 is 2.90 bits per heavy atom. The van der Waals surface area contributed by atoms with Crippen molar-refractivity contribution in [2.24, 2.45) is 5.92 Å². The molecule has 0 aliphatic heterocycles. The van der Waals surface area contributed by atoms with Gasteiger partial charge in [0.25, 0.3) is 5.91 Å². The Hall–Kier alpha value is -3.12. The lowest BCUT2D eigenvalue weighted by Gasteiger charge is -2.25. The van der Waals surface area contributed by atoms with Crippen LogP contribution in [0.5, 0.6) is 0 Å². The van der Waals surface area contributed by atoms with Gasteiger partial charge in [0, 0.05) is 42.1 Å². The molecule has 1 aliphatic carbocycles. The van der Waals surface area contributed by atoms with Gasteiger partial charge in [-0.2, -0.15) is 0 Å². The van der Waals surface area contributed by atoms with Gasteiger partial charge in [-0.05, 0) is 60.5 Å². The van der Waals surface area contributed by atoms with Gasteiger partial charge in [0.2, 0.25) is 0 Å². The van der Waals surface area contributed by atoms with Crippen molar-refractivity contribution >= 4 is 27.8 Å². The highest BCUT2D eigenvalue weighted by molar-refractivity contribution is 5.96. The standard InChI is InChI=1S/C23H25N5O/c29-23(19-9-18-6-7-25-22(18)26-13-19)27-12-16-4-5-17-10-20(28-21(17)8-16)14-24-11-15-2-1-3-15/h4-10,13,15,24,28H,1-3,11-12,14H2,(H,25,26)(H,27,29). The van der Waals surface area contributed by atoms with Crippen LogP contribution in [0.15, 0.2) is 48.8 Å². The first-order chi connectivity index (χ1) is 14.2. The van der Waals surface area contributed by atoms with Gasteiger partial charge in [0.1, 0.15) is 5.65 Å². The van der Waals surface area contributed by atoms with E-state index >= 15 is 0 Å².